The van der Waals surface area contributed by atoms with Crippen LogP contribution in [0.1, 0.15) is 20.8 Å². The minimum absolute atomic E-state index is 0.0587. The van der Waals surface area contributed by atoms with Crippen molar-refractivity contribution in [3.8, 4) is 6.19 Å². The first kappa shape index (κ1) is 11.2. The van der Waals surface area contributed by atoms with E-state index in [0.717, 1.165) is 5.82 Å². The van der Waals surface area contributed by atoms with E-state index in [9.17, 15) is 0 Å². The average Bonchev–Trinajstić information content (AvgIpc) is 2.14. The van der Waals surface area contributed by atoms with Gasteiger partial charge in [0.1, 0.15) is 18.0 Å². The summed E-state index contributed by atoms with van der Waals surface area (Å²) in [4.78, 5) is 9.46. The minimum Gasteiger partial charge on any atom is -0.365 e. The molecule has 0 unspecified atom stereocenters. The van der Waals surface area contributed by atoms with Crippen molar-refractivity contribution in [2.75, 3.05) is 17.3 Å². The van der Waals surface area contributed by atoms with Gasteiger partial charge in [0.2, 0.25) is 0 Å². The van der Waals surface area contributed by atoms with Crippen LogP contribution in [0.3, 0.4) is 0 Å². The fourth-order valence-electron chi connectivity index (χ4n) is 1.03. The van der Waals surface area contributed by atoms with Crippen LogP contribution in [0.15, 0.2) is 12.4 Å². The lowest BCUT2D eigenvalue weighted by Crippen LogP contribution is -2.27. The largest absolute Gasteiger partial charge is 0.365 e. The third kappa shape index (κ3) is 3.43. The first-order valence-corrected chi connectivity index (χ1v) is 4.66. The van der Waals surface area contributed by atoms with Gasteiger partial charge in [0.05, 0.1) is 0 Å². The maximum absolute atomic E-state index is 8.71. The molecule has 0 aromatic carbocycles. The molecule has 1 rings (SSSR count). The zero-order valence-corrected chi connectivity index (χ0v) is 9.44. The number of anilines is 2. The van der Waals surface area contributed by atoms with Crippen molar-refractivity contribution in [1.82, 2.24) is 9.97 Å². The average molecular weight is 205 g/mol. The fraction of sp³-hybridized carbons (Fsp3) is 0.500. The molecule has 0 spiro atoms. The molecule has 1 N–H and O–H groups in total. The molecule has 0 saturated carbocycles. The summed E-state index contributed by atoms with van der Waals surface area (Å²) in [7, 11) is 1.66. The number of nitrogens with zero attached hydrogens (tertiary/aromatic N) is 4. The highest BCUT2D eigenvalue weighted by atomic mass is 15.2. The maximum Gasteiger partial charge on any atom is 0.185 e. The lowest BCUT2D eigenvalue weighted by atomic mass is 10.1. The Balaban J connectivity index is 2.89. The lowest BCUT2D eigenvalue weighted by molar-refractivity contribution is 0.630. The molecule has 15 heavy (non-hydrogen) atoms. The molecule has 0 aliphatic rings. The summed E-state index contributed by atoms with van der Waals surface area (Å²) in [6.45, 7) is 6.13. The van der Waals surface area contributed by atoms with E-state index in [1.54, 1.807) is 13.1 Å². The molecule has 0 radical (unpaired) electrons. The summed E-state index contributed by atoms with van der Waals surface area (Å²) in [5.74, 6) is 1.30. The second-order valence-electron chi connectivity index (χ2n) is 4.30. The summed E-state index contributed by atoms with van der Waals surface area (Å²) in [5.41, 5.74) is -0.0587. The Labute approximate surface area is 89.8 Å². The van der Waals surface area contributed by atoms with Crippen LogP contribution in [0.25, 0.3) is 0 Å². The van der Waals surface area contributed by atoms with Gasteiger partial charge in [-0.25, -0.2) is 9.97 Å². The molecule has 0 bridgehead atoms. The monoisotopic (exact) mass is 205 g/mol. The van der Waals surface area contributed by atoms with Gasteiger partial charge in [0.25, 0.3) is 0 Å². The minimum atomic E-state index is -0.0587. The smallest absolute Gasteiger partial charge is 0.185 e. The standard InChI is InChI=1S/C10H15N5/c1-10(2,3)14-8-5-9(13-7-12-8)15(4)6-11/h5,7H,1-4H3,(H,12,13,14). The van der Waals surface area contributed by atoms with Crippen molar-refractivity contribution in [1.29, 1.82) is 5.26 Å². The second-order valence-corrected chi connectivity index (χ2v) is 4.30. The number of aromatic nitrogens is 2. The van der Waals surface area contributed by atoms with E-state index in [4.69, 9.17) is 5.26 Å². The quantitative estimate of drug-likeness (QED) is 0.587. The SMILES string of the molecule is CN(C#N)c1cc(NC(C)(C)C)ncn1. The van der Waals surface area contributed by atoms with Crippen LogP contribution in [-0.4, -0.2) is 22.6 Å². The molecule has 0 amide bonds. The molecule has 0 aliphatic heterocycles. The summed E-state index contributed by atoms with van der Waals surface area (Å²) in [6.07, 6.45) is 3.43. The van der Waals surface area contributed by atoms with Crippen LogP contribution in [0.5, 0.6) is 0 Å². The third-order valence-electron chi connectivity index (χ3n) is 1.65. The van der Waals surface area contributed by atoms with E-state index in [-0.39, 0.29) is 5.54 Å². The van der Waals surface area contributed by atoms with Crippen LogP contribution in [0.2, 0.25) is 0 Å². The Morgan fingerprint density at radius 3 is 2.60 bits per heavy atom. The highest BCUT2D eigenvalue weighted by Crippen LogP contribution is 2.15. The topological polar surface area (TPSA) is 64.8 Å². The highest BCUT2D eigenvalue weighted by molar-refractivity contribution is 5.51. The number of hydrogen-bond donors (Lipinski definition) is 1. The molecule has 0 fully saturated rings. The number of rotatable bonds is 2. The van der Waals surface area contributed by atoms with Crippen molar-refractivity contribution in [2.24, 2.45) is 0 Å². The van der Waals surface area contributed by atoms with Crippen molar-refractivity contribution >= 4 is 11.6 Å². The molecule has 1 aromatic rings. The Hall–Kier alpha value is -1.83. The maximum atomic E-state index is 8.71. The van der Waals surface area contributed by atoms with E-state index in [2.05, 4.69) is 15.3 Å². The van der Waals surface area contributed by atoms with E-state index in [1.807, 2.05) is 27.0 Å². The van der Waals surface area contributed by atoms with E-state index in [0.29, 0.717) is 5.82 Å². The Kier molecular flexibility index (Phi) is 3.10. The molecule has 0 aliphatic carbocycles. The first-order chi connectivity index (χ1) is 6.92. The molecule has 5 nitrogen and oxygen atoms in total. The highest BCUT2D eigenvalue weighted by Gasteiger charge is 2.11. The van der Waals surface area contributed by atoms with Crippen LogP contribution in [0.4, 0.5) is 11.6 Å². The second kappa shape index (κ2) is 4.13. The van der Waals surface area contributed by atoms with Crippen LogP contribution in [0, 0.1) is 11.5 Å². The number of hydrogen-bond acceptors (Lipinski definition) is 5. The molecule has 1 aromatic heterocycles. The summed E-state index contributed by atoms with van der Waals surface area (Å²) < 4.78 is 0. The van der Waals surface area contributed by atoms with Crippen molar-refractivity contribution in [3.63, 3.8) is 0 Å². The van der Waals surface area contributed by atoms with Crippen LogP contribution >= 0.6 is 0 Å². The molecule has 1 heterocycles. The molecule has 0 atom stereocenters. The van der Waals surface area contributed by atoms with Gasteiger partial charge in [0, 0.05) is 18.7 Å². The van der Waals surface area contributed by atoms with Gasteiger partial charge >= 0.3 is 0 Å². The lowest BCUT2D eigenvalue weighted by Gasteiger charge is -2.21. The molecule has 80 valence electrons. The molecule has 5 heteroatoms. The molecule has 0 saturated heterocycles. The zero-order valence-electron chi connectivity index (χ0n) is 9.44. The van der Waals surface area contributed by atoms with Gasteiger partial charge < -0.3 is 5.32 Å². The first-order valence-electron chi connectivity index (χ1n) is 4.66. The van der Waals surface area contributed by atoms with Gasteiger partial charge in [-0.1, -0.05) is 0 Å². The van der Waals surface area contributed by atoms with Crippen molar-refractivity contribution in [3.05, 3.63) is 12.4 Å². The number of nitrogens with one attached hydrogen (secondary N) is 1. The van der Waals surface area contributed by atoms with Crippen molar-refractivity contribution in [2.45, 2.75) is 26.3 Å². The summed E-state index contributed by atoms with van der Waals surface area (Å²) in [6, 6.07) is 1.74. The summed E-state index contributed by atoms with van der Waals surface area (Å²) in [5, 5.41) is 11.9. The molecular weight excluding hydrogens is 190 g/mol. The number of nitriles is 1. The van der Waals surface area contributed by atoms with Gasteiger partial charge in [-0.15, -0.1) is 0 Å². The van der Waals surface area contributed by atoms with E-state index >= 15 is 0 Å². The zero-order chi connectivity index (χ0) is 11.5. The van der Waals surface area contributed by atoms with Gasteiger partial charge in [0.15, 0.2) is 6.19 Å². The normalized spacial score (nSPS) is 10.6. The molecular formula is C10H15N5. The van der Waals surface area contributed by atoms with Gasteiger partial charge in [-0.05, 0) is 20.8 Å². The third-order valence-corrected chi connectivity index (χ3v) is 1.65. The van der Waals surface area contributed by atoms with Gasteiger partial charge in [-0.2, -0.15) is 5.26 Å². The van der Waals surface area contributed by atoms with E-state index < -0.39 is 0 Å². The Bertz CT molecular complexity index is 374. The predicted molar refractivity (Wildman–Crippen MR) is 59.4 cm³/mol. The summed E-state index contributed by atoms with van der Waals surface area (Å²) >= 11 is 0. The predicted octanol–water partition coefficient (Wildman–Crippen LogP) is 1.60. The van der Waals surface area contributed by atoms with Crippen LogP contribution < -0.4 is 10.2 Å². The fourth-order valence-corrected chi connectivity index (χ4v) is 1.03. The van der Waals surface area contributed by atoms with Gasteiger partial charge in [-0.3, -0.25) is 4.90 Å². The Morgan fingerprint density at radius 1 is 1.40 bits per heavy atom. The van der Waals surface area contributed by atoms with Crippen molar-refractivity contribution < 1.29 is 0 Å². The van der Waals surface area contributed by atoms with E-state index in [1.165, 1.54) is 11.2 Å². The van der Waals surface area contributed by atoms with Crippen LogP contribution in [-0.2, 0) is 0 Å². The Morgan fingerprint density at radius 2 is 2.07 bits per heavy atom.